The molecule has 0 aliphatic carbocycles. The minimum absolute atomic E-state index is 0.108. The van der Waals surface area contributed by atoms with Crippen LogP contribution in [-0.4, -0.2) is 50.0 Å². The van der Waals surface area contributed by atoms with E-state index in [0.29, 0.717) is 23.9 Å². The Morgan fingerprint density at radius 2 is 2.04 bits per heavy atom. The third kappa shape index (κ3) is 6.09. The second-order valence-corrected chi connectivity index (χ2v) is 8.39. The molecule has 0 bridgehead atoms. The van der Waals surface area contributed by atoms with Crippen LogP contribution in [0.25, 0.3) is 0 Å². The summed E-state index contributed by atoms with van der Waals surface area (Å²) in [7, 11) is 1.68. The summed E-state index contributed by atoms with van der Waals surface area (Å²) in [5.41, 5.74) is 0.572. The Balaban J connectivity index is 2.05. The Morgan fingerprint density at radius 3 is 2.61 bits per heavy atom. The molecular formula is C21H32ClFN4O. The van der Waals surface area contributed by atoms with Crippen LogP contribution < -0.4 is 10.6 Å². The zero-order valence-corrected chi connectivity index (χ0v) is 18.1. The van der Waals surface area contributed by atoms with Crippen LogP contribution >= 0.6 is 11.6 Å². The van der Waals surface area contributed by atoms with Crippen LogP contribution in [0.4, 0.5) is 4.39 Å². The number of piperidine rings is 1. The normalized spacial score (nSPS) is 16.2. The van der Waals surface area contributed by atoms with Gasteiger partial charge in [-0.2, -0.15) is 0 Å². The number of guanidine groups is 1. The average Bonchev–Trinajstić information content (AvgIpc) is 2.65. The van der Waals surface area contributed by atoms with Crippen LogP contribution in [0.3, 0.4) is 0 Å². The second-order valence-electron chi connectivity index (χ2n) is 7.99. The summed E-state index contributed by atoms with van der Waals surface area (Å²) >= 11 is 6.26. The molecule has 1 amide bonds. The highest BCUT2D eigenvalue weighted by Gasteiger charge is 2.26. The first-order valence-electron chi connectivity index (χ1n) is 9.96. The maximum Gasteiger partial charge on any atom is 0.220 e. The Kier molecular flexibility index (Phi) is 8.10. The van der Waals surface area contributed by atoms with E-state index in [2.05, 4.69) is 36.3 Å². The number of hydrogen-bond donors (Lipinski definition) is 2. The number of carbonyl (C=O) groups is 1. The molecule has 28 heavy (non-hydrogen) atoms. The van der Waals surface area contributed by atoms with Crippen molar-refractivity contribution >= 4 is 23.5 Å². The first-order chi connectivity index (χ1) is 13.3. The SMILES string of the molecule is CCNC(=NCC(C)(C)c1ccc(F)cc1Cl)N1CCC(CC(=O)NC)CC1. The molecule has 0 atom stereocenters. The number of benzene rings is 1. The maximum atomic E-state index is 13.4. The summed E-state index contributed by atoms with van der Waals surface area (Å²) < 4.78 is 13.4. The van der Waals surface area contributed by atoms with Gasteiger partial charge in [-0.1, -0.05) is 31.5 Å². The third-order valence-corrected chi connectivity index (χ3v) is 5.60. The summed E-state index contributed by atoms with van der Waals surface area (Å²) in [5.74, 6) is 1.08. The van der Waals surface area contributed by atoms with Gasteiger partial charge in [-0.05, 0) is 43.4 Å². The number of nitrogens with zero attached hydrogens (tertiary/aromatic N) is 2. The number of aliphatic imine (C=N–C) groups is 1. The van der Waals surface area contributed by atoms with Crippen molar-refractivity contribution in [1.82, 2.24) is 15.5 Å². The summed E-state index contributed by atoms with van der Waals surface area (Å²) in [6, 6.07) is 4.53. The Hall–Kier alpha value is -1.82. The van der Waals surface area contributed by atoms with E-state index < -0.39 is 0 Å². The van der Waals surface area contributed by atoms with E-state index in [1.807, 2.05) is 0 Å². The van der Waals surface area contributed by atoms with Crippen LogP contribution in [0, 0.1) is 11.7 Å². The molecule has 0 spiro atoms. The van der Waals surface area contributed by atoms with Gasteiger partial charge in [0, 0.05) is 43.5 Å². The molecule has 5 nitrogen and oxygen atoms in total. The van der Waals surface area contributed by atoms with Crippen LogP contribution in [0.2, 0.25) is 5.02 Å². The van der Waals surface area contributed by atoms with Crippen molar-refractivity contribution in [3.8, 4) is 0 Å². The van der Waals surface area contributed by atoms with Crippen molar-refractivity contribution in [2.75, 3.05) is 33.2 Å². The van der Waals surface area contributed by atoms with Crippen LogP contribution in [0.1, 0.15) is 45.6 Å². The molecule has 1 fully saturated rings. The number of nitrogens with one attached hydrogen (secondary N) is 2. The first kappa shape index (κ1) is 22.5. The summed E-state index contributed by atoms with van der Waals surface area (Å²) in [6.07, 6.45) is 2.55. The molecule has 1 saturated heterocycles. The number of rotatable bonds is 6. The van der Waals surface area contributed by atoms with Gasteiger partial charge in [0.05, 0.1) is 6.54 Å². The van der Waals surface area contributed by atoms with E-state index in [1.165, 1.54) is 12.1 Å². The van der Waals surface area contributed by atoms with Crippen molar-refractivity contribution in [3.63, 3.8) is 0 Å². The first-order valence-corrected chi connectivity index (χ1v) is 10.3. The van der Waals surface area contributed by atoms with E-state index >= 15 is 0 Å². The molecule has 0 unspecified atom stereocenters. The molecule has 2 N–H and O–H groups in total. The van der Waals surface area contributed by atoms with E-state index in [-0.39, 0.29) is 17.1 Å². The van der Waals surface area contributed by atoms with Crippen LogP contribution in [0.15, 0.2) is 23.2 Å². The lowest BCUT2D eigenvalue weighted by atomic mass is 9.84. The van der Waals surface area contributed by atoms with Crippen molar-refractivity contribution in [1.29, 1.82) is 0 Å². The van der Waals surface area contributed by atoms with Crippen molar-refractivity contribution in [2.45, 2.75) is 45.4 Å². The smallest absolute Gasteiger partial charge is 0.220 e. The molecule has 1 heterocycles. The fourth-order valence-electron chi connectivity index (χ4n) is 3.53. The van der Waals surface area contributed by atoms with Gasteiger partial charge in [-0.25, -0.2) is 4.39 Å². The van der Waals surface area contributed by atoms with Crippen LogP contribution in [0.5, 0.6) is 0 Å². The molecule has 0 saturated carbocycles. The van der Waals surface area contributed by atoms with Gasteiger partial charge in [-0.15, -0.1) is 0 Å². The molecule has 1 aliphatic rings. The fraction of sp³-hybridized carbons (Fsp3) is 0.619. The van der Waals surface area contributed by atoms with E-state index in [1.54, 1.807) is 13.1 Å². The molecule has 7 heteroatoms. The Bertz CT molecular complexity index is 700. The molecular weight excluding hydrogens is 379 g/mol. The lowest BCUT2D eigenvalue weighted by molar-refractivity contribution is -0.121. The van der Waals surface area contributed by atoms with Gasteiger partial charge in [0.1, 0.15) is 5.82 Å². The number of halogens is 2. The predicted molar refractivity (Wildman–Crippen MR) is 113 cm³/mol. The minimum atomic E-state index is -0.332. The number of amides is 1. The molecule has 0 radical (unpaired) electrons. The van der Waals surface area contributed by atoms with E-state index in [0.717, 1.165) is 44.0 Å². The monoisotopic (exact) mass is 410 g/mol. The van der Waals surface area contributed by atoms with Gasteiger partial charge < -0.3 is 15.5 Å². The molecule has 2 rings (SSSR count). The molecule has 156 valence electrons. The van der Waals surface area contributed by atoms with Gasteiger partial charge in [-0.3, -0.25) is 9.79 Å². The van der Waals surface area contributed by atoms with Gasteiger partial charge >= 0.3 is 0 Å². The van der Waals surface area contributed by atoms with E-state index in [4.69, 9.17) is 16.6 Å². The van der Waals surface area contributed by atoms with Gasteiger partial charge in [0.2, 0.25) is 5.91 Å². The topological polar surface area (TPSA) is 56.7 Å². The maximum absolute atomic E-state index is 13.4. The highest BCUT2D eigenvalue weighted by atomic mass is 35.5. The second kappa shape index (κ2) is 10.1. The quantitative estimate of drug-likeness (QED) is 0.556. The van der Waals surface area contributed by atoms with Gasteiger partial charge in [0.25, 0.3) is 0 Å². The van der Waals surface area contributed by atoms with Gasteiger partial charge in [0.15, 0.2) is 5.96 Å². The highest BCUT2D eigenvalue weighted by molar-refractivity contribution is 6.31. The number of hydrogen-bond acceptors (Lipinski definition) is 2. The third-order valence-electron chi connectivity index (χ3n) is 5.29. The Labute approximate surface area is 172 Å². The highest BCUT2D eigenvalue weighted by Crippen LogP contribution is 2.31. The number of carbonyl (C=O) groups excluding carboxylic acids is 1. The zero-order chi connectivity index (χ0) is 20.7. The lowest BCUT2D eigenvalue weighted by Gasteiger charge is -2.34. The number of likely N-dealkylation sites (tertiary alicyclic amines) is 1. The van der Waals surface area contributed by atoms with Crippen molar-refractivity contribution < 1.29 is 9.18 Å². The van der Waals surface area contributed by atoms with E-state index in [9.17, 15) is 9.18 Å². The molecule has 1 aromatic carbocycles. The fourth-order valence-corrected chi connectivity index (χ4v) is 3.96. The summed E-state index contributed by atoms with van der Waals surface area (Å²) in [4.78, 5) is 18.7. The largest absolute Gasteiger partial charge is 0.359 e. The average molecular weight is 411 g/mol. The molecule has 1 aliphatic heterocycles. The van der Waals surface area contributed by atoms with Crippen molar-refractivity contribution in [3.05, 3.63) is 34.6 Å². The predicted octanol–water partition coefficient (Wildman–Crippen LogP) is 3.57. The lowest BCUT2D eigenvalue weighted by Crippen LogP contribution is -2.46. The van der Waals surface area contributed by atoms with Crippen LogP contribution in [-0.2, 0) is 10.2 Å². The molecule has 1 aromatic rings. The summed E-state index contributed by atoms with van der Waals surface area (Å²) in [6.45, 7) is 9.27. The Morgan fingerprint density at radius 1 is 1.36 bits per heavy atom. The molecule has 0 aromatic heterocycles. The summed E-state index contributed by atoms with van der Waals surface area (Å²) in [5, 5.41) is 6.51. The standard InChI is InChI=1S/C21H32ClFN4O/c1-5-25-20(27-10-8-15(9-11-27)12-19(28)24-4)26-14-21(2,3)17-7-6-16(23)13-18(17)22/h6-7,13,15H,5,8-12,14H2,1-4H3,(H,24,28)(H,25,26). The van der Waals surface area contributed by atoms with Crippen molar-refractivity contribution in [2.24, 2.45) is 10.9 Å². The zero-order valence-electron chi connectivity index (χ0n) is 17.3. The minimum Gasteiger partial charge on any atom is -0.359 e.